The van der Waals surface area contributed by atoms with E-state index >= 15 is 0 Å². The molecule has 0 radical (unpaired) electrons. The number of hydrogen-bond donors (Lipinski definition) is 0. The summed E-state index contributed by atoms with van der Waals surface area (Å²) in [5, 5.41) is 17.7. The Kier molecular flexibility index (Phi) is 4.31. The van der Waals surface area contributed by atoms with E-state index in [-0.39, 0.29) is 0 Å². The highest BCUT2D eigenvalue weighted by molar-refractivity contribution is 7.99. The highest BCUT2D eigenvalue weighted by Gasteiger charge is 2.08. The maximum Gasteiger partial charge on any atom is 0.215 e. The molecule has 0 unspecified atom stereocenters. The summed E-state index contributed by atoms with van der Waals surface area (Å²) in [4.78, 5) is 13.0. The third-order valence-corrected chi connectivity index (χ3v) is 3.70. The van der Waals surface area contributed by atoms with Crippen LogP contribution in [-0.4, -0.2) is 41.6 Å². The first-order chi connectivity index (χ1) is 10.3. The number of nitrogens with zero attached hydrogens (tertiary/aromatic N) is 7. The number of thioether (sulfide) groups is 1. The van der Waals surface area contributed by atoms with E-state index in [0.717, 1.165) is 5.03 Å². The van der Waals surface area contributed by atoms with Crippen LogP contribution in [0.3, 0.4) is 0 Å². The van der Waals surface area contributed by atoms with Crippen LogP contribution in [-0.2, 0) is 0 Å². The molecule has 0 spiro atoms. The summed E-state index contributed by atoms with van der Waals surface area (Å²) in [7, 11) is 0. The Morgan fingerprint density at radius 1 is 0.905 bits per heavy atom. The molecule has 3 aromatic rings. The molecule has 0 saturated heterocycles. The van der Waals surface area contributed by atoms with Gasteiger partial charge in [-0.2, -0.15) is 10.2 Å². The van der Waals surface area contributed by atoms with Gasteiger partial charge in [-0.3, -0.25) is 0 Å². The lowest BCUT2D eigenvalue weighted by atomic mass is 10.3. The summed E-state index contributed by atoms with van der Waals surface area (Å²) in [6.45, 7) is 0. The molecule has 0 bridgehead atoms. The fraction of sp³-hybridized carbons (Fsp3) is 0.0833. The van der Waals surface area contributed by atoms with E-state index < -0.39 is 0 Å². The topological polar surface area (TPSA) is 90.2 Å². The quantitative estimate of drug-likeness (QED) is 0.670. The molecule has 0 atom stereocenters. The van der Waals surface area contributed by atoms with E-state index in [2.05, 4.69) is 35.3 Å². The van der Waals surface area contributed by atoms with Crippen molar-refractivity contribution in [3.05, 3.63) is 36.8 Å². The zero-order valence-corrected chi connectivity index (χ0v) is 12.5. The Balaban J connectivity index is 1.89. The smallest absolute Gasteiger partial charge is 0.215 e. The Morgan fingerprint density at radius 2 is 1.62 bits per heavy atom. The molecule has 0 saturated carbocycles. The minimum atomic E-state index is 0.510. The summed E-state index contributed by atoms with van der Waals surface area (Å²) in [5.74, 6) is 0. The highest BCUT2D eigenvalue weighted by Crippen LogP contribution is 2.23. The fourth-order valence-corrected chi connectivity index (χ4v) is 2.45. The highest BCUT2D eigenvalue weighted by atomic mass is 32.2. The van der Waals surface area contributed by atoms with Gasteiger partial charge in [-0.25, -0.2) is 15.0 Å². The number of pyridine rings is 1. The zero-order chi connectivity index (χ0) is 14.5. The third-order valence-electron chi connectivity index (χ3n) is 2.36. The summed E-state index contributed by atoms with van der Waals surface area (Å²) < 4.78 is 0. The van der Waals surface area contributed by atoms with Crippen LogP contribution in [0.1, 0.15) is 0 Å². The molecular weight excluding hydrogens is 306 g/mol. The van der Waals surface area contributed by atoms with Crippen LogP contribution >= 0.6 is 23.5 Å². The molecule has 104 valence electrons. The van der Waals surface area contributed by atoms with Crippen molar-refractivity contribution in [2.45, 2.75) is 15.3 Å². The predicted molar refractivity (Wildman–Crippen MR) is 78.8 cm³/mol. The molecule has 3 rings (SSSR count). The van der Waals surface area contributed by atoms with Gasteiger partial charge >= 0.3 is 0 Å². The second kappa shape index (κ2) is 6.55. The molecule has 7 nitrogen and oxygen atoms in total. The van der Waals surface area contributed by atoms with Crippen molar-refractivity contribution in [1.29, 1.82) is 0 Å². The zero-order valence-electron chi connectivity index (χ0n) is 10.9. The van der Waals surface area contributed by atoms with Gasteiger partial charge in [0, 0.05) is 6.20 Å². The molecule has 0 aliphatic rings. The Bertz CT molecular complexity index is 738. The minimum Gasteiger partial charge on any atom is -0.249 e. The van der Waals surface area contributed by atoms with E-state index in [1.165, 1.54) is 23.5 Å². The van der Waals surface area contributed by atoms with Gasteiger partial charge in [-0.05, 0) is 30.2 Å². The largest absolute Gasteiger partial charge is 0.249 e. The van der Waals surface area contributed by atoms with Gasteiger partial charge in [0.1, 0.15) is 16.4 Å². The summed E-state index contributed by atoms with van der Waals surface area (Å²) >= 11 is 2.76. The van der Waals surface area contributed by atoms with Gasteiger partial charge in [0.25, 0.3) is 0 Å². The maximum atomic E-state index is 4.42. The van der Waals surface area contributed by atoms with E-state index in [0.29, 0.717) is 21.7 Å². The standard InChI is InChI=1S/C12H9N7S2/c1-20-11-16-8(6-14-18-11)9-7-15-19-12(17-9)21-10-4-2-3-5-13-10/h2-7H,1H3. The third kappa shape index (κ3) is 3.50. The van der Waals surface area contributed by atoms with Crippen molar-refractivity contribution >= 4 is 23.5 Å². The van der Waals surface area contributed by atoms with Gasteiger partial charge in [0.2, 0.25) is 10.3 Å². The Morgan fingerprint density at radius 3 is 2.29 bits per heavy atom. The summed E-state index contributed by atoms with van der Waals surface area (Å²) in [6.07, 6.45) is 6.72. The van der Waals surface area contributed by atoms with E-state index in [9.17, 15) is 0 Å². The molecule has 21 heavy (non-hydrogen) atoms. The van der Waals surface area contributed by atoms with E-state index in [4.69, 9.17) is 0 Å². The number of aromatic nitrogens is 7. The van der Waals surface area contributed by atoms with Crippen LogP contribution < -0.4 is 0 Å². The molecule has 0 amide bonds. The molecular formula is C12H9N7S2. The van der Waals surface area contributed by atoms with Crippen LogP contribution in [0.5, 0.6) is 0 Å². The minimum absolute atomic E-state index is 0.510. The molecule has 0 N–H and O–H groups in total. The van der Waals surface area contributed by atoms with Crippen molar-refractivity contribution < 1.29 is 0 Å². The van der Waals surface area contributed by atoms with Crippen LogP contribution in [0, 0.1) is 0 Å². The van der Waals surface area contributed by atoms with Crippen LogP contribution in [0.15, 0.2) is 52.1 Å². The molecule has 3 heterocycles. The number of hydrogen-bond acceptors (Lipinski definition) is 9. The molecule has 9 heteroatoms. The normalized spacial score (nSPS) is 10.5. The van der Waals surface area contributed by atoms with Gasteiger partial charge in [-0.1, -0.05) is 17.8 Å². The first-order valence-electron chi connectivity index (χ1n) is 5.88. The Labute approximate surface area is 129 Å². The van der Waals surface area contributed by atoms with Crippen molar-refractivity contribution in [1.82, 2.24) is 35.3 Å². The van der Waals surface area contributed by atoms with Gasteiger partial charge in [0.15, 0.2) is 0 Å². The molecule has 0 fully saturated rings. The van der Waals surface area contributed by atoms with Gasteiger partial charge < -0.3 is 0 Å². The molecule has 0 aliphatic carbocycles. The monoisotopic (exact) mass is 315 g/mol. The van der Waals surface area contributed by atoms with Crippen molar-refractivity contribution in [2.75, 3.05) is 6.26 Å². The second-order valence-corrected chi connectivity index (χ2v) is 5.48. The van der Waals surface area contributed by atoms with Crippen molar-refractivity contribution in [2.24, 2.45) is 0 Å². The fourth-order valence-electron chi connectivity index (χ4n) is 1.45. The van der Waals surface area contributed by atoms with Crippen molar-refractivity contribution in [3.8, 4) is 11.4 Å². The van der Waals surface area contributed by atoms with Crippen LogP contribution in [0.2, 0.25) is 0 Å². The van der Waals surface area contributed by atoms with Crippen molar-refractivity contribution in [3.63, 3.8) is 0 Å². The maximum absolute atomic E-state index is 4.42. The van der Waals surface area contributed by atoms with E-state index in [1.807, 2.05) is 24.5 Å². The SMILES string of the molecule is CSc1nncc(-c2cnnc(Sc3ccccn3)n2)n1. The molecule has 3 aromatic heterocycles. The predicted octanol–water partition coefficient (Wildman–Crippen LogP) is 1.99. The summed E-state index contributed by atoms with van der Waals surface area (Å²) in [5.41, 5.74) is 1.22. The number of rotatable bonds is 4. The lowest BCUT2D eigenvalue weighted by molar-refractivity contribution is 0.816. The lowest BCUT2D eigenvalue weighted by Crippen LogP contribution is -1.98. The Hall–Kier alpha value is -2.13. The summed E-state index contributed by atoms with van der Waals surface area (Å²) in [6, 6.07) is 5.65. The first-order valence-corrected chi connectivity index (χ1v) is 7.92. The average molecular weight is 315 g/mol. The lowest BCUT2D eigenvalue weighted by Gasteiger charge is -2.02. The molecule has 0 aromatic carbocycles. The second-order valence-electron chi connectivity index (χ2n) is 3.72. The van der Waals surface area contributed by atoms with Crippen LogP contribution in [0.25, 0.3) is 11.4 Å². The molecule has 0 aliphatic heterocycles. The van der Waals surface area contributed by atoms with Crippen LogP contribution in [0.4, 0.5) is 0 Å². The average Bonchev–Trinajstić information content (AvgIpc) is 2.56. The van der Waals surface area contributed by atoms with E-state index in [1.54, 1.807) is 18.6 Å². The van der Waals surface area contributed by atoms with Gasteiger partial charge in [0.05, 0.1) is 12.4 Å². The first kappa shape index (κ1) is 13.8. The van der Waals surface area contributed by atoms with Gasteiger partial charge in [-0.15, -0.1) is 10.2 Å².